The number of nitrogens with one attached hydrogen (secondary N) is 2. The third-order valence-electron chi connectivity index (χ3n) is 9.57. The lowest BCUT2D eigenvalue weighted by Crippen LogP contribution is -2.44. The van der Waals surface area contributed by atoms with Crippen molar-refractivity contribution < 1.29 is 24.7 Å². The molecular formula is C37H41N7O6. The number of amides is 2. The summed E-state index contributed by atoms with van der Waals surface area (Å²) in [5.74, 6) is -1.81. The number of aliphatic hydroxyl groups excluding tert-OH is 1. The molecule has 2 aliphatic rings. The maximum Gasteiger partial charge on any atom is 0.269 e. The predicted octanol–water partition coefficient (Wildman–Crippen LogP) is 4.27. The Hall–Kier alpha value is -5.24. The predicted molar refractivity (Wildman–Crippen MR) is 187 cm³/mol. The maximum atomic E-state index is 14.1. The zero-order valence-corrected chi connectivity index (χ0v) is 27.8. The number of hydrogen-bond acceptors (Lipinski definition) is 9. The number of benzene rings is 3. The van der Waals surface area contributed by atoms with Gasteiger partial charge in [0.15, 0.2) is 5.60 Å². The number of fused-ring (bicyclic) bond motifs is 1. The lowest BCUT2D eigenvalue weighted by Gasteiger charge is -2.27. The summed E-state index contributed by atoms with van der Waals surface area (Å²) in [5.41, 5.74) is 1.18. The van der Waals surface area contributed by atoms with Crippen LogP contribution in [0.1, 0.15) is 54.5 Å². The van der Waals surface area contributed by atoms with Crippen LogP contribution in [0.4, 0.5) is 17.1 Å². The maximum absolute atomic E-state index is 14.1. The van der Waals surface area contributed by atoms with Crippen molar-refractivity contribution >= 4 is 28.9 Å². The number of nitro benzene ring substituents is 1. The van der Waals surface area contributed by atoms with Crippen molar-refractivity contribution in [3.63, 3.8) is 0 Å². The smallest absolute Gasteiger partial charge is 0.269 e. The fourth-order valence-corrected chi connectivity index (χ4v) is 6.74. The lowest BCUT2D eigenvalue weighted by molar-refractivity contribution is -0.385. The van der Waals surface area contributed by atoms with Crippen molar-refractivity contribution in [2.75, 3.05) is 29.9 Å². The van der Waals surface area contributed by atoms with Gasteiger partial charge in [0.2, 0.25) is 5.91 Å². The van der Waals surface area contributed by atoms with E-state index in [1.807, 2.05) is 42.5 Å². The van der Waals surface area contributed by atoms with Crippen LogP contribution in [0.5, 0.6) is 0 Å². The SMILES string of the molecule is C[C@H](/C=C/CCn1cc(C(CO)c2ccccc2)nn1)[C@@]1(O)C(=O)N(Cc2cccc(NC(=O)C3CCCNC3)c2)c2ccc([N+](=O)[O-])cc21. The summed E-state index contributed by atoms with van der Waals surface area (Å²) in [5, 5.41) is 48.5. The number of non-ortho nitro benzene ring substituents is 1. The minimum absolute atomic E-state index is 0.0648. The number of anilines is 2. The van der Waals surface area contributed by atoms with Crippen LogP contribution in [0.2, 0.25) is 0 Å². The Labute approximate surface area is 289 Å². The van der Waals surface area contributed by atoms with E-state index in [1.165, 1.54) is 23.1 Å². The molecule has 4 N–H and O–H groups in total. The van der Waals surface area contributed by atoms with Crippen LogP contribution in [0, 0.1) is 22.0 Å². The van der Waals surface area contributed by atoms with Crippen molar-refractivity contribution in [2.45, 2.75) is 50.8 Å². The normalized spacial score (nSPS) is 20.1. The Morgan fingerprint density at radius 3 is 2.74 bits per heavy atom. The van der Waals surface area contributed by atoms with E-state index >= 15 is 0 Å². The summed E-state index contributed by atoms with van der Waals surface area (Å²) < 4.78 is 1.67. The van der Waals surface area contributed by atoms with Gasteiger partial charge in [-0.25, -0.2) is 0 Å². The van der Waals surface area contributed by atoms with Gasteiger partial charge in [0.05, 0.1) is 41.3 Å². The molecule has 1 fully saturated rings. The summed E-state index contributed by atoms with van der Waals surface area (Å²) in [6.07, 6.45) is 7.63. The molecule has 6 rings (SSSR count). The minimum Gasteiger partial charge on any atom is -0.395 e. The summed E-state index contributed by atoms with van der Waals surface area (Å²) in [6.45, 7) is 3.68. The van der Waals surface area contributed by atoms with Crippen LogP contribution in [0.25, 0.3) is 0 Å². The molecule has 1 saturated heterocycles. The fourth-order valence-electron chi connectivity index (χ4n) is 6.74. The molecule has 0 radical (unpaired) electrons. The number of carbonyl (C=O) groups is 2. The summed E-state index contributed by atoms with van der Waals surface area (Å²) in [6, 6.07) is 20.9. The van der Waals surface area contributed by atoms with E-state index in [0.717, 1.165) is 30.5 Å². The molecule has 0 saturated carbocycles. The van der Waals surface area contributed by atoms with Crippen LogP contribution in [0.15, 0.2) is 91.1 Å². The molecule has 2 amide bonds. The van der Waals surface area contributed by atoms with E-state index < -0.39 is 22.3 Å². The Kier molecular flexibility index (Phi) is 10.5. The van der Waals surface area contributed by atoms with E-state index in [9.17, 15) is 29.9 Å². The highest BCUT2D eigenvalue weighted by Crippen LogP contribution is 2.47. The Morgan fingerprint density at radius 2 is 2.00 bits per heavy atom. The number of nitrogens with zero attached hydrogens (tertiary/aromatic N) is 5. The monoisotopic (exact) mass is 679 g/mol. The first-order chi connectivity index (χ1) is 24.2. The largest absolute Gasteiger partial charge is 0.395 e. The zero-order chi connectivity index (χ0) is 35.3. The second kappa shape index (κ2) is 15.1. The molecule has 1 aromatic heterocycles. The van der Waals surface area contributed by atoms with Crippen molar-refractivity contribution in [3.05, 3.63) is 124 Å². The standard InChI is InChI=1S/C37H41N7O6/c1-25(9-5-6-18-42-23-33(40-41-42)31(24-45)27-11-3-2-4-12-27)37(48)32-20-30(44(49)50)15-16-34(32)43(36(37)47)22-26-10-7-14-29(19-26)39-35(46)28-13-8-17-38-21-28/h2-5,7,9-12,14-16,19-20,23,25,28,31,38,45,48H,6,8,13,17-18,21-22,24H2,1H3,(H,39,46)/b9-5+/t25-,28?,31?,37+/m1/s1. The van der Waals surface area contributed by atoms with Gasteiger partial charge in [-0.15, -0.1) is 5.10 Å². The summed E-state index contributed by atoms with van der Waals surface area (Å²) in [4.78, 5) is 39.5. The highest BCUT2D eigenvalue weighted by molar-refractivity contribution is 6.07. The van der Waals surface area contributed by atoms with Gasteiger partial charge >= 0.3 is 0 Å². The first-order valence-corrected chi connectivity index (χ1v) is 16.8. The molecule has 2 unspecified atom stereocenters. The van der Waals surface area contributed by atoms with Crippen LogP contribution in [0.3, 0.4) is 0 Å². The number of carbonyl (C=O) groups excluding carboxylic acids is 2. The van der Waals surface area contributed by atoms with Crippen LogP contribution >= 0.6 is 0 Å². The quantitative estimate of drug-likeness (QED) is 0.0914. The average Bonchev–Trinajstić information content (AvgIpc) is 3.68. The highest BCUT2D eigenvalue weighted by atomic mass is 16.6. The van der Waals surface area contributed by atoms with Gasteiger partial charge in [0, 0.05) is 48.6 Å². The van der Waals surface area contributed by atoms with Crippen LogP contribution in [-0.2, 0) is 28.3 Å². The molecule has 3 aromatic carbocycles. The Bertz CT molecular complexity index is 1870. The van der Waals surface area contributed by atoms with Gasteiger partial charge < -0.3 is 25.7 Å². The molecule has 13 nitrogen and oxygen atoms in total. The number of allylic oxidation sites excluding steroid dienone is 1. The first kappa shape index (κ1) is 34.6. The molecule has 4 aromatic rings. The number of nitro groups is 1. The molecule has 0 spiro atoms. The molecule has 260 valence electrons. The number of piperidine rings is 1. The molecule has 3 heterocycles. The third kappa shape index (κ3) is 7.20. The zero-order valence-electron chi connectivity index (χ0n) is 27.8. The van der Waals surface area contributed by atoms with E-state index in [-0.39, 0.29) is 42.1 Å². The third-order valence-corrected chi connectivity index (χ3v) is 9.57. The van der Waals surface area contributed by atoms with Gasteiger partial charge in [-0.2, -0.15) is 0 Å². The molecular weight excluding hydrogens is 638 g/mol. The van der Waals surface area contributed by atoms with Crippen LogP contribution < -0.4 is 15.5 Å². The fraction of sp³-hybridized carbons (Fsp3) is 0.351. The van der Waals surface area contributed by atoms with E-state index in [2.05, 4.69) is 20.9 Å². The van der Waals surface area contributed by atoms with Gasteiger partial charge in [0.1, 0.15) is 0 Å². The average molecular weight is 680 g/mol. The second-order valence-corrected chi connectivity index (χ2v) is 12.9. The molecule has 0 aliphatic carbocycles. The second-order valence-electron chi connectivity index (χ2n) is 12.9. The lowest BCUT2D eigenvalue weighted by atomic mass is 9.82. The number of aromatic nitrogens is 3. The van der Waals surface area contributed by atoms with Crippen LogP contribution in [-0.4, -0.2) is 61.6 Å². The number of aryl methyl sites for hydroxylation is 1. The number of aliphatic hydroxyl groups is 2. The van der Waals surface area contributed by atoms with E-state index in [1.54, 1.807) is 42.1 Å². The Morgan fingerprint density at radius 1 is 1.18 bits per heavy atom. The van der Waals surface area contributed by atoms with E-state index in [4.69, 9.17) is 0 Å². The van der Waals surface area contributed by atoms with Crippen molar-refractivity contribution in [1.82, 2.24) is 20.3 Å². The van der Waals surface area contributed by atoms with Gasteiger partial charge in [0.25, 0.3) is 11.6 Å². The molecule has 2 aliphatic heterocycles. The minimum atomic E-state index is -2.05. The van der Waals surface area contributed by atoms with Gasteiger partial charge in [-0.05, 0) is 55.1 Å². The summed E-state index contributed by atoms with van der Waals surface area (Å²) in [7, 11) is 0. The highest BCUT2D eigenvalue weighted by Gasteiger charge is 2.53. The first-order valence-electron chi connectivity index (χ1n) is 16.8. The van der Waals surface area contributed by atoms with Crippen molar-refractivity contribution in [2.24, 2.45) is 11.8 Å². The topological polar surface area (TPSA) is 176 Å². The van der Waals surface area contributed by atoms with Gasteiger partial charge in [-0.3, -0.25) is 24.4 Å². The Balaban J connectivity index is 1.16. The molecule has 4 atom stereocenters. The molecule has 13 heteroatoms. The molecule has 50 heavy (non-hydrogen) atoms. The van der Waals surface area contributed by atoms with Crippen molar-refractivity contribution in [1.29, 1.82) is 0 Å². The number of rotatable bonds is 13. The summed E-state index contributed by atoms with van der Waals surface area (Å²) >= 11 is 0. The molecule has 0 bridgehead atoms. The van der Waals surface area contributed by atoms with E-state index in [0.29, 0.717) is 36.6 Å². The van der Waals surface area contributed by atoms with Gasteiger partial charge in [-0.1, -0.05) is 66.8 Å². The van der Waals surface area contributed by atoms with Crippen molar-refractivity contribution in [3.8, 4) is 0 Å². The number of hydrogen-bond donors (Lipinski definition) is 4.